The van der Waals surface area contributed by atoms with Crippen LogP contribution in [-0.2, 0) is 4.79 Å². The number of hydrogen-bond acceptors (Lipinski definition) is 2. The number of amides is 1. The maximum absolute atomic E-state index is 12.3. The minimum atomic E-state index is 0.198. The number of piperidine rings is 1. The number of nitrogens with two attached hydrogens (primary N) is 1. The molecule has 98 valence electrons. The van der Waals surface area contributed by atoms with Gasteiger partial charge in [-0.1, -0.05) is 32.6 Å². The maximum atomic E-state index is 12.3. The third-order valence-corrected chi connectivity index (χ3v) is 4.35. The van der Waals surface area contributed by atoms with Crippen LogP contribution in [0.3, 0.4) is 0 Å². The second kappa shape index (κ2) is 5.85. The van der Waals surface area contributed by atoms with Crippen LogP contribution >= 0.6 is 0 Å². The van der Waals surface area contributed by atoms with Gasteiger partial charge in [-0.2, -0.15) is 0 Å². The molecule has 3 nitrogen and oxygen atoms in total. The summed E-state index contributed by atoms with van der Waals surface area (Å²) >= 11 is 0. The zero-order valence-electron chi connectivity index (χ0n) is 11.0. The molecule has 17 heavy (non-hydrogen) atoms. The maximum Gasteiger partial charge on any atom is 0.225 e. The van der Waals surface area contributed by atoms with E-state index in [4.69, 9.17) is 5.73 Å². The number of rotatable bonds is 3. The molecule has 2 rings (SSSR count). The Balaban J connectivity index is 1.81. The molecule has 2 N–H and O–H groups in total. The molecule has 0 bridgehead atoms. The lowest BCUT2D eigenvalue weighted by atomic mass is 9.93. The third kappa shape index (κ3) is 3.44. The fraction of sp³-hybridized carbons (Fsp3) is 0.929. The highest BCUT2D eigenvalue weighted by atomic mass is 16.2. The van der Waals surface area contributed by atoms with Crippen molar-refractivity contribution in [2.24, 2.45) is 17.6 Å². The second-order valence-electron chi connectivity index (χ2n) is 5.97. The largest absolute Gasteiger partial charge is 0.341 e. The first-order valence-electron chi connectivity index (χ1n) is 7.21. The Morgan fingerprint density at radius 2 is 2.00 bits per heavy atom. The van der Waals surface area contributed by atoms with Crippen molar-refractivity contribution in [1.29, 1.82) is 0 Å². The van der Waals surface area contributed by atoms with Crippen LogP contribution < -0.4 is 5.73 Å². The quantitative estimate of drug-likeness (QED) is 0.819. The summed E-state index contributed by atoms with van der Waals surface area (Å²) in [5.41, 5.74) is 5.93. The number of likely N-dealkylation sites (tertiary alicyclic amines) is 1. The van der Waals surface area contributed by atoms with Crippen LogP contribution in [0, 0.1) is 11.8 Å². The van der Waals surface area contributed by atoms with Gasteiger partial charge in [0.1, 0.15) is 0 Å². The summed E-state index contributed by atoms with van der Waals surface area (Å²) < 4.78 is 0. The molecular weight excluding hydrogens is 212 g/mol. The lowest BCUT2D eigenvalue weighted by Gasteiger charge is -2.33. The van der Waals surface area contributed by atoms with Gasteiger partial charge in [0.15, 0.2) is 0 Å². The Kier molecular flexibility index (Phi) is 4.43. The summed E-state index contributed by atoms with van der Waals surface area (Å²) in [7, 11) is 0. The van der Waals surface area contributed by atoms with Gasteiger partial charge in [-0.15, -0.1) is 0 Å². The normalized spacial score (nSPS) is 28.4. The van der Waals surface area contributed by atoms with Gasteiger partial charge in [-0.25, -0.2) is 0 Å². The van der Waals surface area contributed by atoms with Crippen molar-refractivity contribution in [2.75, 3.05) is 13.1 Å². The van der Waals surface area contributed by atoms with Gasteiger partial charge in [-0.05, 0) is 25.2 Å². The van der Waals surface area contributed by atoms with Crippen molar-refractivity contribution in [3.63, 3.8) is 0 Å². The van der Waals surface area contributed by atoms with Crippen LogP contribution in [0.5, 0.6) is 0 Å². The molecule has 1 saturated carbocycles. The SMILES string of the molecule is CC(CC1CCCC1)C(=O)N1CCCC(N)C1. The molecule has 0 aromatic rings. The van der Waals surface area contributed by atoms with Crippen molar-refractivity contribution >= 4 is 5.91 Å². The highest BCUT2D eigenvalue weighted by molar-refractivity contribution is 5.78. The zero-order chi connectivity index (χ0) is 12.3. The van der Waals surface area contributed by atoms with Crippen LogP contribution in [0.1, 0.15) is 51.9 Å². The Labute approximate surface area is 105 Å². The molecule has 2 fully saturated rings. The molecule has 1 saturated heterocycles. The van der Waals surface area contributed by atoms with Crippen molar-refractivity contribution < 1.29 is 4.79 Å². The van der Waals surface area contributed by atoms with Gasteiger partial charge in [-0.3, -0.25) is 4.79 Å². The average molecular weight is 238 g/mol. The topological polar surface area (TPSA) is 46.3 Å². The minimum absolute atomic E-state index is 0.198. The predicted molar refractivity (Wildman–Crippen MR) is 69.5 cm³/mol. The van der Waals surface area contributed by atoms with E-state index >= 15 is 0 Å². The van der Waals surface area contributed by atoms with E-state index in [2.05, 4.69) is 6.92 Å². The Morgan fingerprint density at radius 1 is 1.29 bits per heavy atom. The first-order valence-corrected chi connectivity index (χ1v) is 7.21. The van der Waals surface area contributed by atoms with Crippen molar-refractivity contribution in [2.45, 2.75) is 57.9 Å². The van der Waals surface area contributed by atoms with Crippen molar-refractivity contribution in [3.8, 4) is 0 Å². The molecule has 0 radical (unpaired) electrons. The van der Waals surface area contributed by atoms with E-state index in [1.54, 1.807) is 0 Å². The molecule has 2 unspecified atom stereocenters. The molecule has 1 aliphatic heterocycles. The Hall–Kier alpha value is -0.570. The zero-order valence-corrected chi connectivity index (χ0v) is 11.0. The highest BCUT2D eigenvalue weighted by Gasteiger charge is 2.27. The number of carbonyl (C=O) groups is 1. The predicted octanol–water partition coefficient (Wildman–Crippen LogP) is 2.15. The van der Waals surface area contributed by atoms with Gasteiger partial charge in [0, 0.05) is 25.0 Å². The summed E-state index contributed by atoms with van der Waals surface area (Å²) in [6.45, 7) is 3.79. The van der Waals surface area contributed by atoms with Crippen LogP contribution in [-0.4, -0.2) is 29.9 Å². The molecule has 1 aliphatic carbocycles. The minimum Gasteiger partial charge on any atom is -0.341 e. The van der Waals surface area contributed by atoms with E-state index in [-0.39, 0.29) is 12.0 Å². The lowest BCUT2D eigenvalue weighted by Crippen LogP contribution is -2.47. The summed E-state index contributed by atoms with van der Waals surface area (Å²) in [6, 6.07) is 0.200. The van der Waals surface area contributed by atoms with Gasteiger partial charge in [0.2, 0.25) is 5.91 Å². The fourth-order valence-electron chi connectivity index (χ4n) is 3.37. The Morgan fingerprint density at radius 3 is 2.65 bits per heavy atom. The van der Waals surface area contributed by atoms with Crippen LogP contribution in [0.25, 0.3) is 0 Å². The molecule has 1 amide bonds. The Bertz CT molecular complexity index is 261. The second-order valence-corrected chi connectivity index (χ2v) is 5.97. The van der Waals surface area contributed by atoms with Gasteiger partial charge < -0.3 is 10.6 Å². The molecule has 0 aromatic carbocycles. The van der Waals surface area contributed by atoms with Gasteiger partial charge in [0.05, 0.1) is 0 Å². The van der Waals surface area contributed by atoms with E-state index in [1.807, 2.05) is 4.90 Å². The van der Waals surface area contributed by atoms with E-state index in [0.717, 1.165) is 38.3 Å². The summed E-state index contributed by atoms with van der Waals surface area (Å²) in [5.74, 6) is 1.34. The molecular formula is C14H26N2O. The van der Waals surface area contributed by atoms with Gasteiger partial charge in [0.25, 0.3) is 0 Å². The standard InChI is InChI=1S/C14H26N2O/c1-11(9-12-5-2-3-6-12)14(17)16-8-4-7-13(15)10-16/h11-13H,2-10,15H2,1H3. The first kappa shape index (κ1) is 12.9. The van der Waals surface area contributed by atoms with E-state index in [1.165, 1.54) is 25.7 Å². The summed E-state index contributed by atoms with van der Waals surface area (Å²) in [5, 5.41) is 0. The number of nitrogens with zero attached hydrogens (tertiary/aromatic N) is 1. The molecule has 2 atom stereocenters. The van der Waals surface area contributed by atoms with Crippen LogP contribution in [0.4, 0.5) is 0 Å². The van der Waals surface area contributed by atoms with E-state index < -0.39 is 0 Å². The molecule has 0 spiro atoms. The third-order valence-electron chi connectivity index (χ3n) is 4.35. The monoisotopic (exact) mass is 238 g/mol. The summed E-state index contributed by atoms with van der Waals surface area (Å²) in [4.78, 5) is 14.3. The highest BCUT2D eigenvalue weighted by Crippen LogP contribution is 2.31. The number of hydrogen-bond donors (Lipinski definition) is 1. The van der Waals surface area contributed by atoms with Crippen LogP contribution in [0.15, 0.2) is 0 Å². The van der Waals surface area contributed by atoms with E-state index in [9.17, 15) is 4.79 Å². The molecule has 1 heterocycles. The number of carbonyl (C=O) groups excluding carboxylic acids is 1. The first-order chi connectivity index (χ1) is 8.16. The van der Waals surface area contributed by atoms with Crippen LogP contribution in [0.2, 0.25) is 0 Å². The fourth-order valence-corrected chi connectivity index (χ4v) is 3.37. The molecule has 0 aromatic heterocycles. The summed E-state index contributed by atoms with van der Waals surface area (Å²) in [6.07, 6.45) is 8.61. The molecule has 2 aliphatic rings. The van der Waals surface area contributed by atoms with E-state index in [0.29, 0.717) is 5.91 Å². The molecule has 3 heteroatoms. The van der Waals surface area contributed by atoms with Crippen molar-refractivity contribution in [3.05, 3.63) is 0 Å². The smallest absolute Gasteiger partial charge is 0.225 e. The average Bonchev–Trinajstić information content (AvgIpc) is 2.80. The van der Waals surface area contributed by atoms with Gasteiger partial charge >= 0.3 is 0 Å². The lowest BCUT2D eigenvalue weighted by molar-refractivity contribution is -0.136. The van der Waals surface area contributed by atoms with Crippen molar-refractivity contribution in [1.82, 2.24) is 4.90 Å².